The number of imidazole rings is 1. The number of aliphatic carboxylic acids is 1. The number of aromatic nitrogens is 2. The number of carboxylic acid groups (broad SMARTS) is 1. The molecule has 2 saturated heterocycles. The molecule has 6 N–H and O–H groups in total. The van der Waals surface area contributed by atoms with Crippen LogP contribution in [0.3, 0.4) is 0 Å². The molecular formula is C25H32N6O6. The molecular weight excluding hydrogens is 480 g/mol. The fraction of sp³-hybridized carbons (Fsp3) is 0.480. The Morgan fingerprint density at radius 2 is 1.73 bits per heavy atom. The van der Waals surface area contributed by atoms with Crippen molar-refractivity contribution in [2.45, 2.75) is 62.7 Å². The number of carboxylic acids is 1. The Morgan fingerprint density at radius 3 is 2.38 bits per heavy atom. The number of nitrogens with two attached hydrogens (primary N) is 1. The van der Waals surface area contributed by atoms with Crippen LogP contribution >= 0.6 is 0 Å². The molecule has 2 aliphatic rings. The van der Waals surface area contributed by atoms with Gasteiger partial charge in [0.2, 0.25) is 17.7 Å². The maximum Gasteiger partial charge on any atom is 0.326 e. The quantitative estimate of drug-likeness (QED) is 0.305. The number of nitrogens with one attached hydrogen (secondary N) is 2. The van der Waals surface area contributed by atoms with Crippen molar-refractivity contribution in [3.8, 4) is 5.75 Å². The largest absolute Gasteiger partial charge is 0.508 e. The monoisotopic (exact) mass is 512 g/mol. The second-order valence-electron chi connectivity index (χ2n) is 9.54. The molecule has 12 heteroatoms. The van der Waals surface area contributed by atoms with Gasteiger partial charge in [-0.3, -0.25) is 14.4 Å². The molecule has 4 atom stereocenters. The molecule has 4 rings (SSSR count). The third-order valence-electron chi connectivity index (χ3n) is 6.96. The molecule has 0 spiro atoms. The Labute approximate surface area is 213 Å². The highest BCUT2D eigenvalue weighted by molar-refractivity contribution is 5.95. The van der Waals surface area contributed by atoms with Crippen LogP contribution in [0, 0.1) is 0 Å². The van der Waals surface area contributed by atoms with Crippen LogP contribution in [0.4, 0.5) is 0 Å². The second-order valence-corrected chi connectivity index (χ2v) is 9.54. The number of hydrogen-bond donors (Lipinski definition) is 5. The zero-order chi connectivity index (χ0) is 26.5. The summed E-state index contributed by atoms with van der Waals surface area (Å²) < 4.78 is 0. The third-order valence-corrected chi connectivity index (χ3v) is 6.96. The number of amides is 3. The SMILES string of the molecule is NC(Cc1cnc[nH]1)C(=O)NC(Cc1ccc(O)cc1)C(=O)N1CCCC1C(=O)N1CCCC1C(=O)O. The number of aromatic hydroxyl groups is 1. The topological polar surface area (TPSA) is 182 Å². The summed E-state index contributed by atoms with van der Waals surface area (Å²) in [5.74, 6) is -2.32. The van der Waals surface area contributed by atoms with E-state index >= 15 is 0 Å². The number of hydrogen-bond acceptors (Lipinski definition) is 7. The van der Waals surface area contributed by atoms with Crippen LogP contribution in [-0.4, -0.2) is 90.9 Å². The van der Waals surface area contributed by atoms with E-state index in [-0.39, 0.29) is 24.5 Å². The van der Waals surface area contributed by atoms with Crippen molar-refractivity contribution >= 4 is 23.7 Å². The molecule has 0 bridgehead atoms. The third kappa shape index (κ3) is 6.08. The van der Waals surface area contributed by atoms with Crippen molar-refractivity contribution in [2.75, 3.05) is 13.1 Å². The molecule has 2 aromatic rings. The Morgan fingerprint density at radius 1 is 1.05 bits per heavy atom. The van der Waals surface area contributed by atoms with E-state index in [1.54, 1.807) is 18.3 Å². The van der Waals surface area contributed by atoms with Gasteiger partial charge in [-0.15, -0.1) is 0 Å². The van der Waals surface area contributed by atoms with Crippen molar-refractivity contribution in [1.29, 1.82) is 0 Å². The summed E-state index contributed by atoms with van der Waals surface area (Å²) in [6, 6.07) is 2.67. The van der Waals surface area contributed by atoms with Gasteiger partial charge in [-0.1, -0.05) is 12.1 Å². The number of carbonyl (C=O) groups is 4. The molecule has 0 aliphatic carbocycles. The van der Waals surface area contributed by atoms with E-state index in [0.717, 1.165) is 0 Å². The number of carbonyl (C=O) groups excluding carboxylic acids is 3. The molecule has 0 saturated carbocycles. The van der Waals surface area contributed by atoms with Crippen molar-refractivity contribution in [1.82, 2.24) is 25.1 Å². The van der Waals surface area contributed by atoms with Gasteiger partial charge in [0.25, 0.3) is 0 Å². The molecule has 0 radical (unpaired) electrons. The van der Waals surface area contributed by atoms with Crippen molar-refractivity contribution in [3.05, 3.63) is 48.0 Å². The van der Waals surface area contributed by atoms with Crippen LogP contribution in [0.2, 0.25) is 0 Å². The first-order chi connectivity index (χ1) is 17.7. The van der Waals surface area contributed by atoms with Crippen LogP contribution in [-0.2, 0) is 32.0 Å². The number of phenolic OH excluding ortho intramolecular Hbond substituents is 1. The lowest BCUT2D eigenvalue weighted by molar-refractivity contribution is -0.152. The minimum atomic E-state index is -1.05. The lowest BCUT2D eigenvalue weighted by atomic mass is 10.0. The van der Waals surface area contributed by atoms with Crippen LogP contribution in [0.15, 0.2) is 36.8 Å². The zero-order valence-electron chi connectivity index (χ0n) is 20.4. The molecule has 37 heavy (non-hydrogen) atoms. The van der Waals surface area contributed by atoms with Crippen LogP contribution in [0.25, 0.3) is 0 Å². The average molecular weight is 513 g/mol. The van der Waals surface area contributed by atoms with E-state index < -0.39 is 42.0 Å². The van der Waals surface area contributed by atoms with Gasteiger partial charge in [0.05, 0.1) is 12.4 Å². The zero-order valence-corrected chi connectivity index (χ0v) is 20.4. The highest BCUT2D eigenvalue weighted by Gasteiger charge is 2.43. The van der Waals surface area contributed by atoms with Gasteiger partial charge < -0.3 is 36.0 Å². The highest BCUT2D eigenvalue weighted by Crippen LogP contribution is 2.26. The molecule has 2 aliphatic heterocycles. The predicted molar refractivity (Wildman–Crippen MR) is 131 cm³/mol. The molecule has 1 aromatic carbocycles. The van der Waals surface area contributed by atoms with Gasteiger partial charge in [0.15, 0.2) is 0 Å². The molecule has 2 fully saturated rings. The molecule has 12 nitrogen and oxygen atoms in total. The van der Waals surface area contributed by atoms with Crippen molar-refractivity contribution in [3.63, 3.8) is 0 Å². The standard InChI is InChI=1S/C25H32N6O6/c26-18(12-16-13-27-14-28-16)22(33)29-19(11-15-5-7-17(32)8-6-15)23(34)30-9-1-3-20(30)24(35)31-10-2-4-21(31)25(36)37/h5-8,13-14,18-21,32H,1-4,9-12,26H2,(H,27,28)(H,29,33)(H,36,37). The molecule has 4 unspecified atom stereocenters. The molecule has 3 heterocycles. The van der Waals surface area contributed by atoms with Crippen LogP contribution < -0.4 is 11.1 Å². The van der Waals surface area contributed by atoms with Gasteiger partial charge in [-0.2, -0.15) is 0 Å². The number of phenols is 1. The van der Waals surface area contributed by atoms with Crippen molar-refractivity contribution in [2.24, 2.45) is 5.73 Å². The summed E-state index contributed by atoms with van der Waals surface area (Å²) in [6.07, 6.45) is 5.36. The summed E-state index contributed by atoms with van der Waals surface area (Å²) in [4.78, 5) is 61.3. The Kier molecular flexibility index (Phi) is 8.07. The van der Waals surface area contributed by atoms with Gasteiger partial charge in [0.1, 0.15) is 23.9 Å². The summed E-state index contributed by atoms with van der Waals surface area (Å²) in [7, 11) is 0. The molecule has 198 valence electrons. The summed E-state index contributed by atoms with van der Waals surface area (Å²) >= 11 is 0. The summed E-state index contributed by atoms with van der Waals surface area (Å²) in [5, 5.41) is 21.9. The minimum absolute atomic E-state index is 0.0704. The van der Waals surface area contributed by atoms with E-state index in [1.165, 1.54) is 28.3 Å². The second kappa shape index (κ2) is 11.4. The average Bonchev–Trinajstić information content (AvgIpc) is 3.65. The lowest BCUT2D eigenvalue weighted by Crippen LogP contribution is -2.57. The normalized spacial score (nSPS) is 21.0. The predicted octanol–water partition coefficient (Wildman–Crippen LogP) is -0.221. The number of nitrogens with zero attached hydrogens (tertiary/aromatic N) is 3. The van der Waals surface area contributed by atoms with E-state index in [9.17, 15) is 29.4 Å². The van der Waals surface area contributed by atoms with E-state index in [0.29, 0.717) is 50.0 Å². The minimum Gasteiger partial charge on any atom is -0.508 e. The summed E-state index contributed by atoms with van der Waals surface area (Å²) in [6.45, 7) is 0.660. The van der Waals surface area contributed by atoms with Crippen molar-refractivity contribution < 1.29 is 29.4 Å². The number of rotatable bonds is 9. The smallest absolute Gasteiger partial charge is 0.326 e. The Bertz CT molecular complexity index is 1120. The fourth-order valence-electron chi connectivity index (χ4n) is 5.04. The lowest BCUT2D eigenvalue weighted by Gasteiger charge is -2.32. The first-order valence-electron chi connectivity index (χ1n) is 12.4. The maximum absolute atomic E-state index is 13.8. The maximum atomic E-state index is 13.8. The fourth-order valence-corrected chi connectivity index (χ4v) is 5.04. The number of benzene rings is 1. The summed E-state index contributed by atoms with van der Waals surface area (Å²) in [5.41, 5.74) is 7.47. The van der Waals surface area contributed by atoms with Gasteiger partial charge in [-0.25, -0.2) is 9.78 Å². The van der Waals surface area contributed by atoms with Crippen LogP contribution in [0.1, 0.15) is 36.9 Å². The number of likely N-dealkylation sites (tertiary alicyclic amines) is 2. The van der Waals surface area contributed by atoms with Gasteiger partial charge in [0, 0.05) is 37.8 Å². The Hall–Kier alpha value is -3.93. The van der Waals surface area contributed by atoms with Gasteiger partial charge >= 0.3 is 5.97 Å². The first-order valence-corrected chi connectivity index (χ1v) is 12.4. The number of aromatic amines is 1. The highest BCUT2D eigenvalue weighted by atomic mass is 16.4. The van der Waals surface area contributed by atoms with E-state index in [4.69, 9.17) is 5.73 Å². The molecule has 1 aromatic heterocycles. The molecule has 3 amide bonds. The van der Waals surface area contributed by atoms with E-state index in [2.05, 4.69) is 15.3 Å². The van der Waals surface area contributed by atoms with E-state index in [1.807, 2.05) is 0 Å². The number of H-pyrrole nitrogens is 1. The van der Waals surface area contributed by atoms with Crippen LogP contribution in [0.5, 0.6) is 5.75 Å². The van der Waals surface area contributed by atoms with Gasteiger partial charge in [-0.05, 0) is 43.4 Å². The first kappa shape index (κ1) is 26.1. The Balaban J connectivity index is 1.52.